The molecular weight excluding hydrogens is 398 g/mol. The summed E-state index contributed by atoms with van der Waals surface area (Å²) in [5.41, 5.74) is 10.1. The van der Waals surface area contributed by atoms with Gasteiger partial charge in [0, 0.05) is 48.4 Å². The van der Waals surface area contributed by atoms with Crippen molar-refractivity contribution < 1.29 is 19.5 Å². The highest BCUT2D eigenvalue weighted by atomic mass is 16.3. The molecule has 9 nitrogen and oxygen atoms in total. The Morgan fingerprint density at radius 1 is 1.13 bits per heavy atom. The van der Waals surface area contributed by atoms with Crippen molar-refractivity contribution in [2.24, 2.45) is 10.7 Å². The quantitative estimate of drug-likeness (QED) is 0.526. The summed E-state index contributed by atoms with van der Waals surface area (Å²) in [7, 11) is 0. The summed E-state index contributed by atoms with van der Waals surface area (Å²) in [5, 5.41) is 14.9. The van der Waals surface area contributed by atoms with Crippen LogP contribution < -0.4 is 21.3 Å². The summed E-state index contributed by atoms with van der Waals surface area (Å²) >= 11 is 0. The van der Waals surface area contributed by atoms with Crippen LogP contribution in [0.2, 0.25) is 0 Å². The maximum Gasteiger partial charge on any atom is 0.251 e. The van der Waals surface area contributed by atoms with E-state index in [-0.39, 0.29) is 43.7 Å². The fourth-order valence-corrected chi connectivity index (χ4v) is 3.75. The van der Waals surface area contributed by atoms with E-state index in [0.717, 1.165) is 16.7 Å². The fraction of sp³-hybridized carbons (Fsp3) is 0.273. The molecule has 2 aliphatic heterocycles. The number of aliphatic hydroxyl groups excluding tert-OH is 1. The van der Waals surface area contributed by atoms with Crippen LogP contribution in [0, 0.1) is 0 Å². The number of aliphatic hydroxyl groups is 1. The average Bonchev–Trinajstić information content (AvgIpc) is 3.32. The first-order valence-electron chi connectivity index (χ1n) is 10.0. The summed E-state index contributed by atoms with van der Waals surface area (Å²) in [4.78, 5) is 42.6. The van der Waals surface area contributed by atoms with Crippen LogP contribution in [0.3, 0.4) is 0 Å². The Morgan fingerprint density at radius 3 is 2.77 bits per heavy atom. The van der Waals surface area contributed by atoms with Crippen LogP contribution in [0.15, 0.2) is 41.4 Å². The van der Waals surface area contributed by atoms with Gasteiger partial charge in [-0.1, -0.05) is 6.07 Å². The van der Waals surface area contributed by atoms with Gasteiger partial charge < -0.3 is 26.4 Å². The van der Waals surface area contributed by atoms with Crippen molar-refractivity contribution in [2.45, 2.75) is 25.9 Å². The summed E-state index contributed by atoms with van der Waals surface area (Å²) in [6, 6.07) is 10.6. The van der Waals surface area contributed by atoms with E-state index in [1.54, 1.807) is 24.3 Å². The first-order valence-corrected chi connectivity index (χ1v) is 10.0. The van der Waals surface area contributed by atoms with Gasteiger partial charge in [-0.2, -0.15) is 0 Å². The van der Waals surface area contributed by atoms with Crippen molar-refractivity contribution in [2.75, 3.05) is 23.4 Å². The van der Waals surface area contributed by atoms with Crippen molar-refractivity contribution in [1.29, 1.82) is 0 Å². The molecule has 2 heterocycles. The van der Waals surface area contributed by atoms with Crippen LogP contribution in [0.1, 0.15) is 39.9 Å². The molecule has 0 spiro atoms. The van der Waals surface area contributed by atoms with Crippen molar-refractivity contribution in [3.63, 3.8) is 0 Å². The molecule has 0 fully saturated rings. The zero-order valence-electron chi connectivity index (χ0n) is 16.9. The number of hydrogen-bond donors (Lipinski definition) is 4. The van der Waals surface area contributed by atoms with E-state index in [1.165, 1.54) is 4.90 Å². The Morgan fingerprint density at radius 2 is 1.97 bits per heavy atom. The number of amidine groups is 1. The number of benzene rings is 2. The second kappa shape index (κ2) is 8.57. The number of anilines is 2. The van der Waals surface area contributed by atoms with Crippen LogP contribution in [-0.4, -0.2) is 41.8 Å². The fourth-order valence-electron chi connectivity index (χ4n) is 3.75. The molecule has 2 aromatic rings. The minimum atomic E-state index is -0.308. The van der Waals surface area contributed by atoms with Gasteiger partial charge in [-0.3, -0.25) is 19.4 Å². The van der Waals surface area contributed by atoms with Crippen molar-refractivity contribution in [3.8, 4) is 0 Å². The zero-order chi connectivity index (χ0) is 22.0. The number of nitrogens with one attached hydrogen (secondary N) is 2. The van der Waals surface area contributed by atoms with Gasteiger partial charge in [0.2, 0.25) is 11.8 Å². The lowest BCUT2D eigenvalue weighted by Crippen LogP contribution is -2.34. The van der Waals surface area contributed by atoms with Gasteiger partial charge in [-0.25, -0.2) is 0 Å². The second-order valence-electron chi connectivity index (χ2n) is 7.41. The van der Waals surface area contributed by atoms with Gasteiger partial charge in [0.05, 0.1) is 13.2 Å². The normalized spacial score (nSPS) is 13.8. The molecule has 2 aliphatic rings. The highest BCUT2D eigenvalue weighted by molar-refractivity contribution is 6.03. The SMILES string of the molecule is NC1=NCc2cc(NC(=O)CCC(=O)N(CCO)c3ccc4c(c3)C(=O)NC4)ccc21. The molecule has 9 heteroatoms. The van der Waals surface area contributed by atoms with Gasteiger partial charge in [0.1, 0.15) is 5.84 Å². The summed E-state index contributed by atoms with van der Waals surface area (Å²) < 4.78 is 0. The maximum atomic E-state index is 12.8. The summed E-state index contributed by atoms with van der Waals surface area (Å²) in [6.07, 6.45) is -0.0436. The van der Waals surface area contributed by atoms with Crippen LogP contribution >= 0.6 is 0 Å². The number of hydrogen-bond acceptors (Lipinski definition) is 6. The van der Waals surface area contributed by atoms with E-state index in [1.807, 2.05) is 12.1 Å². The number of nitrogens with two attached hydrogens (primary N) is 1. The molecule has 3 amide bonds. The molecule has 0 unspecified atom stereocenters. The van der Waals surface area contributed by atoms with Gasteiger partial charge >= 0.3 is 0 Å². The minimum absolute atomic E-state index is 0.0120. The molecule has 0 bridgehead atoms. The lowest BCUT2D eigenvalue weighted by atomic mass is 10.1. The number of amides is 3. The number of carbonyl (C=O) groups excluding carboxylic acids is 3. The minimum Gasteiger partial charge on any atom is -0.395 e. The van der Waals surface area contributed by atoms with Crippen molar-refractivity contribution in [1.82, 2.24) is 5.32 Å². The second-order valence-corrected chi connectivity index (χ2v) is 7.41. The lowest BCUT2D eigenvalue weighted by molar-refractivity contribution is -0.122. The van der Waals surface area contributed by atoms with E-state index >= 15 is 0 Å². The highest BCUT2D eigenvalue weighted by Crippen LogP contribution is 2.24. The number of fused-ring (bicyclic) bond motifs is 2. The van der Waals surface area contributed by atoms with E-state index in [9.17, 15) is 19.5 Å². The molecule has 160 valence electrons. The predicted octanol–water partition coefficient (Wildman–Crippen LogP) is 0.893. The van der Waals surface area contributed by atoms with Crippen molar-refractivity contribution in [3.05, 3.63) is 58.7 Å². The first kappa shape index (κ1) is 20.5. The predicted molar refractivity (Wildman–Crippen MR) is 116 cm³/mol. The smallest absolute Gasteiger partial charge is 0.251 e. The lowest BCUT2D eigenvalue weighted by Gasteiger charge is -2.22. The van der Waals surface area contributed by atoms with Crippen LogP contribution in [0.25, 0.3) is 0 Å². The molecule has 0 aliphatic carbocycles. The molecule has 0 saturated heterocycles. The van der Waals surface area contributed by atoms with Gasteiger partial charge in [-0.15, -0.1) is 0 Å². The molecule has 5 N–H and O–H groups in total. The third-order valence-electron chi connectivity index (χ3n) is 5.36. The van der Waals surface area contributed by atoms with E-state index in [2.05, 4.69) is 15.6 Å². The van der Waals surface area contributed by atoms with Crippen LogP contribution in [0.5, 0.6) is 0 Å². The molecule has 0 radical (unpaired) electrons. The van der Waals surface area contributed by atoms with E-state index < -0.39 is 0 Å². The zero-order valence-corrected chi connectivity index (χ0v) is 16.9. The topological polar surface area (TPSA) is 137 Å². The maximum absolute atomic E-state index is 12.8. The standard InChI is InChI=1S/C22H23N5O4/c23-21-17-4-2-15(9-14(17)12-24-21)26-19(29)5-6-20(30)27(7-8-28)16-3-1-13-11-25-22(31)18(13)10-16/h1-4,9-10,28H,5-8,11-12H2,(H2,23,24)(H,25,31)(H,26,29). The molecular formula is C22H23N5O4. The summed E-state index contributed by atoms with van der Waals surface area (Å²) in [6.45, 7) is 0.789. The number of aliphatic imine (C=N–C) groups is 1. The Labute approximate surface area is 178 Å². The van der Waals surface area contributed by atoms with Crippen molar-refractivity contribution >= 4 is 34.9 Å². The number of carbonyl (C=O) groups is 3. The highest BCUT2D eigenvalue weighted by Gasteiger charge is 2.23. The summed E-state index contributed by atoms with van der Waals surface area (Å²) in [5.74, 6) is -0.296. The van der Waals surface area contributed by atoms with E-state index in [0.29, 0.717) is 35.9 Å². The Balaban J connectivity index is 1.38. The molecule has 0 atom stereocenters. The number of rotatable bonds is 7. The van der Waals surface area contributed by atoms with Crippen LogP contribution in [-0.2, 0) is 22.7 Å². The number of nitrogens with zero attached hydrogens (tertiary/aromatic N) is 2. The Hall–Kier alpha value is -3.72. The molecule has 31 heavy (non-hydrogen) atoms. The van der Waals surface area contributed by atoms with Gasteiger partial charge in [0.15, 0.2) is 0 Å². The monoisotopic (exact) mass is 421 g/mol. The molecule has 4 rings (SSSR count). The van der Waals surface area contributed by atoms with Crippen LogP contribution in [0.4, 0.5) is 11.4 Å². The molecule has 2 aromatic carbocycles. The average molecular weight is 421 g/mol. The first-order chi connectivity index (χ1) is 15.0. The third-order valence-corrected chi connectivity index (χ3v) is 5.36. The van der Waals surface area contributed by atoms with Gasteiger partial charge in [0.25, 0.3) is 5.91 Å². The Kier molecular flexibility index (Phi) is 5.68. The third kappa shape index (κ3) is 4.26. The molecule has 0 aromatic heterocycles. The van der Waals surface area contributed by atoms with E-state index in [4.69, 9.17) is 5.73 Å². The van der Waals surface area contributed by atoms with Gasteiger partial charge in [-0.05, 0) is 41.5 Å². The largest absolute Gasteiger partial charge is 0.395 e. The Bertz CT molecular complexity index is 1100. The molecule has 0 saturated carbocycles.